The van der Waals surface area contributed by atoms with Crippen LogP contribution < -0.4 is 0 Å². The summed E-state index contributed by atoms with van der Waals surface area (Å²) in [6, 6.07) is 0. The van der Waals surface area contributed by atoms with E-state index in [0.29, 0.717) is 12.5 Å². The van der Waals surface area contributed by atoms with E-state index in [-0.39, 0.29) is 18.8 Å². The van der Waals surface area contributed by atoms with Crippen molar-refractivity contribution >= 4 is 0 Å². The zero-order valence-corrected chi connectivity index (χ0v) is 7.95. The minimum atomic E-state index is -0.0839. The molecule has 0 aromatic rings. The van der Waals surface area contributed by atoms with Crippen molar-refractivity contribution in [2.24, 2.45) is 5.92 Å². The van der Waals surface area contributed by atoms with Gasteiger partial charge in [0.2, 0.25) is 0 Å². The van der Waals surface area contributed by atoms with Gasteiger partial charge < -0.3 is 14.6 Å². The molecule has 2 rings (SSSR count). The topological polar surface area (TPSA) is 38.7 Å². The predicted octanol–water partition coefficient (Wildman–Crippen LogP) is 0.953. The first-order valence-electron chi connectivity index (χ1n) is 5.24. The summed E-state index contributed by atoms with van der Waals surface area (Å²) >= 11 is 0. The van der Waals surface area contributed by atoms with E-state index in [1.165, 1.54) is 25.7 Å². The minimum absolute atomic E-state index is 0.0839. The summed E-state index contributed by atoms with van der Waals surface area (Å²) in [7, 11) is 0. The lowest BCUT2D eigenvalue weighted by Gasteiger charge is -2.32. The van der Waals surface area contributed by atoms with Crippen LogP contribution in [0.4, 0.5) is 0 Å². The summed E-state index contributed by atoms with van der Waals surface area (Å²) in [6.07, 6.45) is 5.36. The predicted molar refractivity (Wildman–Crippen MR) is 48.5 cm³/mol. The number of ether oxygens (including phenoxy) is 2. The van der Waals surface area contributed by atoms with E-state index >= 15 is 0 Å². The molecule has 3 heteroatoms. The quantitative estimate of drug-likeness (QED) is 0.698. The van der Waals surface area contributed by atoms with E-state index in [4.69, 9.17) is 14.6 Å². The fraction of sp³-hybridized carbons (Fsp3) is 1.00. The van der Waals surface area contributed by atoms with Gasteiger partial charge in [0, 0.05) is 0 Å². The molecule has 1 saturated carbocycles. The molecule has 0 radical (unpaired) electrons. The van der Waals surface area contributed by atoms with Crippen LogP contribution in [0.2, 0.25) is 0 Å². The molecule has 0 spiro atoms. The van der Waals surface area contributed by atoms with Crippen LogP contribution in [0.3, 0.4) is 0 Å². The maximum Gasteiger partial charge on any atom is 0.104 e. The molecule has 76 valence electrons. The Morgan fingerprint density at radius 1 is 1.15 bits per heavy atom. The molecular weight excluding hydrogens is 168 g/mol. The van der Waals surface area contributed by atoms with Gasteiger partial charge in [-0.1, -0.05) is 12.8 Å². The fourth-order valence-electron chi connectivity index (χ4n) is 2.31. The van der Waals surface area contributed by atoms with Gasteiger partial charge in [-0.2, -0.15) is 0 Å². The van der Waals surface area contributed by atoms with Gasteiger partial charge in [0.25, 0.3) is 0 Å². The second-order valence-electron chi connectivity index (χ2n) is 4.06. The molecule has 1 aliphatic carbocycles. The smallest absolute Gasteiger partial charge is 0.104 e. The summed E-state index contributed by atoms with van der Waals surface area (Å²) < 4.78 is 11.2. The Morgan fingerprint density at radius 2 is 1.92 bits per heavy atom. The van der Waals surface area contributed by atoms with Gasteiger partial charge in [0.15, 0.2) is 0 Å². The van der Waals surface area contributed by atoms with Crippen LogP contribution in [0.25, 0.3) is 0 Å². The molecule has 13 heavy (non-hydrogen) atoms. The lowest BCUT2D eigenvalue weighted by atomic mass is 10.0. The van der Waals surface area contributed by atoms with Crippen molar-refractivity contribution in [3.05, 3.63) is 0 Å². The van der Waals surface area contributed by atoms with Crippen molar-refractivity contribution < 1.29 is 14.6 Å². The SMILES string of the molecule is OC[C@H]1COC[C@@H](C2CCCC2)O1. The molecule has 0 amide bonds. The molecule has 2 aliphatic rings. The molecule has 2 atom stereocenters. The third-order valence-electron chi connectivity index (χ3n) is 3.08. The van der Waals surface area contributed by atoms with Gasteiger partial charge in [0.1, 0.15) is 6.10 Å². The minimum Gasteiger partial charge on any atom is -0.394 e. The van der Waals surface area contributed by atoms with Crippen LogP contribution in [-0.4, -0.2) is 37.1 Å². The van der Waals surface area contributed by atoms with E-state index in [0.717, 1.165) is 6.61 Å². The zero-order valence-electron chi connectivity index (χ0n) is 7.95. The average Bonchev–Trinajstić information content (AvgIpc) is 2.71. The summed E-state index contributed by atoms with van der Waals surface area (Å²) in [6.45, 7) is 1.37. The van der Waals surface area contributed by atoms with E-state index in [1.807, 2.05) is 0 Å². The summed E-state index contributed by atoms with van der Waals surface area (Å²) in [4.78, 5) is 0. The van der Waals surface area contributed by atoms with Crippen molar-refractivity contribution in [2.75, 3.05) is 19.8 Å². The molecule has 2 fully saturated rings. The molecule has 0 unspecified atom stereocenters. The first-order chi connectivity index (χ1) is 6.40. The number of hydrogen-bond donors (Lipinski definition) is 1. The number of hydrogen-bond acceptors (Lipinski definition) is 3. The third-order valence-corrected chi connectivity index (χ3v) is 3.08. The van der Waals surface area contributed by atoms with Crippen LogP contribution in [0.5, 0.6) is 0 Å². The van der Waals surface area contributed by atoms with E-state index in [1.54, 1.807) is 0 Å². The third kappa shape index (κ3) is 2.22. The highest BCUT2D eigenvalue weighted by molar-refractivity contribution is 4.79. The Labute approximate surface area is 79.0 Å². The van der Waals surface area contributed by atoms with Crippen molar-refractivity contribution in [3.63, 3.8) is 0 Å². The van der Waals surface area contributed by atoms with Gasteiger partial charge in [-0.3, -0.25) is 0 Å². The molecular formula is C10H18O3. The van der Waals surface area contributed by atoms with Crippen molar-refractivity contribution in [1.29, 1.82) is 0 Å². The number of aliphatic hydroxyl groups is 1. The van der Waals surface area contributed by atoms with Crippen LogP contribution >= 0.6 is 0 Å². The first-order valence-corrected chi connectivity index (χ1v) is 5.24. The van der Waals surface area contributed by atoms with Crippen molar-refractivity contribution in [2.45, 2.75) is 37.9 Å². The molecule has 3 nitrogen and oxygen atoms in total. The highest BCUT2D eigenvalue weighted by Crippen LogP contribution is 2.31. The lowest BCUT2D eigenvalue weighted by Crippen LogP contribution is -2.41. The van der Waals surface area contributed by atoms with Gasteiger partial charge in [-0.05, 0) is 18.8 Å². The summed E-state index contributed by atoms with van der Waals surface area (Å²) in [5.74, 6) is 0.675. The van der Waals surface area contributed by atoms with Crippen LogP contribution in [0, 0.1) is 5.92 Å². The summed E-state index contributed by atoms with van der Waals surface area (Å²) in [5, 5.41) is 8.95. The monoisotopic (exact) mass is 186 g/mol. The van der Waals surface area contributed by atoms with Crippen LogP contribution in [-0.2, 0) is 9.47 Å². The molecule has 1 heterocycles. The lowest BCUT2D eigenvalue weighted by molar-refractivity contribution is -0.166. The Balaban J connectivity index is 1.84. The Hall–Kier alpha value is -0.120. The van der Waals surface area contributed by atoms with Gasteiger partial charge in [-0.15, -0.1) is 0 Å². The maximum absolute atomic E-state index is 8.95. The van der Waals surface area contributed by atoms with Crippen molar-refractivity contribution in [1.82, 2.24) is 0 Å². The van der Waals surface area contributed by atoms with Gasteiger partial charge in [-0.25, -0.2) is 0 Å². The van der Waals surface area contributed by atoms with Crippen molar-refractivity contribution in [3.8, 4) is 0 Å². The Kier molecular flexibility index (Phi) is 3.19. The molecule has 0 bridgehead atoms. The highest BCUT2D eigenvalue weighted by atomic mass is 16.6. The standard InChI is InChI=1S/C10H18O3/c11-5-9-6-12-7-10(13-9)8-3-1-2-4-8/h8-11H,1-7H2/t9-,10-/m0/s1. The second kappa shape index (κ2) is 4.40. The highest BCUT2D eigenvalue weighted by Gasteiger charge is 2.31. The molecule has 1 N–H and O–H groups in total. The maximum atomic E-state index is 8.95. The molecule has 0 aromatic carbocycles. The number of rotatable bonds is 2. The molecule has 1 saturated heterocycles. The normalized spacial score (nSPS) is 36.7. The van der Waals surface area contributed by atoms with Gasteiger partial charge >= 0.3 is 0 Å². The largest absolute Gasteiger partial charge is 0.394 e. The average molecular weight is 186 g/mol. The zero-order chi connectivity index (χ0) is 9.10. The van der Waals surface area contributed by atoms with E-state index in [2.05, 4.69) is 0 Å². The summed E-state index contributed by atoms with van der Waals surface area (Å²) in [5.41, 5.74) is 0. The number of aliphatic hydroxyl groups excluding tert-OH is 1. The van der Waals surface area contributed by atoms with E-state index < -0.39 is 0 Å². The van der Waals surface area contributed by atoms with Crippen LogP contribution in [0.1, 0.15) is 25.7 Å². The van der Waals surface area contributed by atoms with Crippen LogP contribution in [0.15, 0.2) is 0 Å². The Bertz CT molecular complexity index is 154. The van der Waals surface area contributed by atoms with Gasteiger partial charge in [0.05, 0.1) is 25.9 Å². The fourth-order valence-corrected chi connectivity index (χ4v) is 2.31. The first kappa shape index (κ1) is 9.44. The second-order valence-corrected chi connectivity index (χ2v) is 4.06. The molecule has 1 aliphatic heterocycles. The Morgan fingerprint density at radius 3 is 2.62 bits per heavy atom. The van der Waals surface area contributed by atoms with E-state index in [9.17, 15) is 0 Å². The molecule has 0 aromatic heterocycles.